The normalized spacial score (nSPS) is 21.7. The predicted octanol–water partition coefficient (Wildman–Crippen LogP) is 1.52. The molecule has 14 heavy (non-hydrogen) atoms. The SMILES string of the molecule is C[C@H](O)c1ccc(OC[C@@H]2CO2)cc1. The van der Waals surface area contributed by atoms with E-state index in [0.29, 0.717) is 6.61 Å². The second-order valence-electron chi connectivity index (χ2n) is 3.51. The van der Waals surface area contributed by atoms with Crippen molar-refractivity contribution in [3.63, 3.8) is 0 Å². The van der Waals surface area contributed by atoms with Crippen LogP contribution in [-0.2, 0) is 4.74 Å². The van der Waals surface area contributed by atoms with Gasteiger partial charge in [-0.05, 0) is 24.6 Å². The molecule has 76 valence electrons. The Labute approximate surface area is 83.3 Å². The Morgan fingerprint density at radius 1 is 1.50 bits per heavy atom. The summed E-state index contributed by atoms with van der Waals surface area (Å²) < 4.78 is 10.5. The highest BCUT2D eigenvalue weighted by atomic mass is 16.6. The summed E-state index contributed by atoms with van der Waals surface area (Å²) in [5.41, 5.74) is 0.903. The number of epoxide rings is 1. The maximum atomic E-state index is 9.28. The van der Waals surface area contributed by atoms with Gasteiger partial charge >= 0.3 is 0 Å². The van der Waals surface area contributed by atoms with Gasteiger partial charge in [0.2, 0.25) is 0 Å². The van der Waals surface area contributed by atoms with Gasteiger partial charge in [-0.15, -0.1) is 0 Å². The van der Waals surface area contributed by atoms with Crippen LogP contribution >= 0.6 is 0 Å². The summed E-state index contributed by atoms with van der Waals surface area (Å²) in [6.07, 6.45) is -0.137. The van der Waals surface area contributed by atoms with E-state index in [1.807, 2.05) is 24.3 Å². The number of aliphatic hydroxyl groups is 1. The molecule has 1 fully saturated rings. The van der Waals surface area contributed by atoms with Crippen LogP contribution in [0.2, 0.25) is 0 Å². The van der Waals surface area contributed by atoms with Crippen LogP contribution in [0.3, 0.4) is 0 Å². The lowest BCUT2D eigenvalue weighted by Gasteiger charge is -2.07. The number of ether oxygens (including phenoxy) is 2. The molecule has 1 saturated heterocycles. The lowest BCUT2D eigenvalue weighted by molar-refractivity contribution is 0.199. The molecule has 3 nitrogen and oxygen atoms in total. The number of hydrogen-bond donors (Lipinski definition) is 1. The first kappa shape index (κ1) is 9.49. The zero-order chi connectivity index (χ0) is 9.97. The molecular weight excluding hydrogens is 180 g/mol. The molecule has 1 N–H and O–H groups in total. The van der Waals surface area contributed by atoms with Gasteiger partial charge in [-0.25, -0.2) is 0 Å². The maximum Gasteiger partial charge on any atom is 0.119 e. The quantitative estimate of drug-likeness (QED) is 0.739. The Hall–Kier alpha value is -1.06. The van der Waals surface area contributed by atoms with Crippen molar-refractivity contribution in [3.05, 3.63) is 29.8 Å². The van der Waals surface area contributed by atoms with Gasteiger partial charge in [-0.1, -0.05) is 12.1 Å². The molecule has 0 amide bonds. The Balaban J connectivity index is 1.91. The van der Waals surface area contributed by atoms with Crippen LogP contribution in [0, 0.1) is 0 Å². The lowest BCUT2D eigenvalue weighted by atomic mass is 10.1. The third-order valence-electron chi connectivity index (χ3n) is 2.20. The van der Waals surface area contributed by atoms with Gasteiger partial charge in [0, 0.05) is 0 Å². The first-order valence-corrected chi connectivity index (χ1v) is 4.78. The van der Waals surface area contributed by atoms with Crippen molar-refractivity contribution in [2.24, 2.45) is 0 Å². The maximum absolute atomic E-state index is 9.28. The van der Waals surface area contributed by atoms with E-state index in [-0.39, 0.29) is 6.10 Å². The lowest BCUT2D eigenvalue weighted by Crippen LogP contribution is -2.04. The summed E-state index contributed by atoms with van der Waals surface area (Å²) in [6, 6.07) is 7.47. The van der Waals surface area contributed by atoms with Gasteiger partial charge in [-0.2, -0.15) is 0 Å². The molecule has 0 aliphatic carbocycles. The van der Waals surface area contributed by atoms with Crippen molar-refractivity contribution in [2.75, 3.05) is 13.2 Å². The molecule has 2 atom stereocenters. The third kappa shape index (κ3) is 2.47. The Kier molecular flexibility index (Phi) is 2.70. The zero-order valence-electron chi connectivity index (χ0n) is 8.14. The predicted molar refractivity (Wildman–Crippen MR) is 52.3 cm³/mol. The van der Waals surface area contributed by atoms with Crippen molar-refractivity contribution >= 4 is 0 Å². The molecule has 0 unspecified atom stereocenters. The molecule has 0 spiro atoms. The first-order valence-electron chi connectivity index (χ1n) is 4.78. The fourth-order valence-electron chi connectivity index (χ4n) is 1.20. The first-order chi connectivity index (χ1) is 6.75. The van der Waals surface area contributed by atoms with Crippen molar-refractivity contribution < 1.29 is 14.6 Å². The van der Waals surface area contributed by atoms with Gasteiger partial charge in [-0.3, -0.25) is 0 Å². The molecule has 1 aromatic carbocycles. The number of hydrogen-bond acceptors (Lipinski definition) is 3. The topological polar surface area (TPSA) is 42.0 Å². The van der Waals surface area contributed by atoms with E-state index in [1.165, 1.54) is 0 Å². The van der Waals surface area contributed by atoms with Crippen LogP contribution in [-0.4, -0.2) is 24.4 Å². The van der Waals surface area contributed by atoms with Gasteiger partial charge in [0.05, 0.1) is 12.7 Å². The number of aliphatic hydroxyl groups excluding tert-OH is 1. The van der Waals surface area contributed by atoms with Gasteiger partial charge < -0.3 is 14.6 Å². The van der Waals surface area contributed by atoms with Crippen LogP contribution in [0.15, 0.2) is 24.3 Å². The second-order valence-corrected chi connectivity index (χ2v) is 3.51. The van der Waals surface area contributed by atoms with Crippen molar-refractivity contribution in [3.8, 4) is 5.75 Å². The minimum Gasteiger partial charge on any atom is -0.491 e. The number of benzene rings is 1. The highest BCUT2D eigenvalue weighted by Crippen LogP contribution is 2.18. The third-order valence-corrected chi connectivity index (χ3v) is 2.20. The van der Waals surface area contributed by atoms with Crippen LogP contribution in [0.4, 0.5) is 0 Å². The van der Waals surface area contributed by atoms with Crippen molar-refractivity contribution in [1.82, 2.24) is 0 Å². The van der Waals surface area contributed by atoms with Gasteiger partial charge in [0.15, 0.2) is 0 Å². The summed E-state index contributed by atoms with van der Waals surface area (Å²) >= 11 is 0. The molecule has 0 saturated carbocycles. The summed E-state index contributed by atoms with van der Waals surface area (Å²) in [5.74, 6) is 0.824. The molecule has 0 aromatic heterocycles. The fourth-order valence-corrected chi connectivity index (χ4v) is 1.20. The van der Waals surface area contributed by atoms with E-state index in [2.05, 4.69) is 0 Å². The average Bonchev–Trinajstić information content (AvgIpc) is 2.99. The van der Waals surface area contributed by atoms with Crippen molar-refractivity contribution in [2.45, 2.75) is 19.1 Å². The van der Waals surface area contributed by atoms with Crippen molar-refractivity contribution in [1.29, 1.82) is 0 Å². The molecule has 3 heteroatoms. The number of rotatable bonds is 4. The van der Waals surface area contributed by atoms with Crippen LogP contribution in [0.1, 0.15) is 18.6 Å². The minimum absolute atomic E-state index is 0.284. The highest BCUT2D eigenvalue weighted by molar-refractivity contribution is 5.28. The Morgan fingerprint density at radius 3 is 2.64 bits per heavy atom. The zero-order valence-corrected chi connectivity index (χ0v) is 8.14. The van der Waals surface area contributed by atoms with Gasteiger partial charge in [0.25, 0.3) is 0 Å². The summed E-state index contributed by atoms with van der Waals surface area (Å²) in [7, 11) is 0. The van der Waals surface area contributed by atoms with Crippen LogP contribution in [0.25, 0.3) is 0 Å². The fraction of sp³-hybridized carbons (Fsp3) is 0.455. The molecule has 1 heterocycles. The van der Waals surface area contributed by atoms with Crippen LogP contribution in [0.5, 0.6) is 5.75 Å². The molecule has 1 aliphatic rings. The molecule has 2 rings (SSSR count). The van der Waals surface area contributed by atoms with Crippen LogP contribution < -0.4 is 4.74 Å². The highest BCUT2D eigenvalue weighted by Gasteiger charge is 2.22. The molecule has 1 aromatic rings. The van der Waals surface area contributed by atoms with E-state index in [0.717, 1.165) is 17.9 Å². The largest absolute Gasteiger partial charge is 0.491 e. The molecular formula is C11H14O3. The van der Waals surface area contributed by atoms with Gasteiger partial charge in [0.1, 0.15) is 18.5 Å². The molecule has 1 aliphatic heterocycles. The Morgan fingerprint density at radius 2 is 2.14 bits per heavy atom. The summed E-state index contributed by atoms with van der Waals surface area (Å²) in [4.78, 5) is 0. The molecule has 0 bridgehead atoms. The standard InChI is InChI=1S/C11H14O3/c1-8(12)9-2-4-10(5-3-9)13-6-11-7-14-11/h2-5,8,11-12H,6-7H2,1H3/t8-,11+/m0/s1. The van der Waals surface area contributed by atoms with E-state index in [1.54, 1.807) is 6.92 Å². The summed E-state index contributed by atoms with van der Waals surface area (Å²) in [5, 5.41) is 9.28. The summed E-state index contributed by atoms with van der Waals surface area (Å²) in [6.45, 7) is 3.17. The average molecular weight is 194 g/mol. The van der Waals surface area contributed by atoms with E-state index >= 15 is 0 Å². The Bertz CT molecular complexity index is 288. The van der Waals surface area contributed by atoms with E-state index < -0.39 is 6.10 Å². The van der Waals surface area contributed by atoms with E-state index in [9.17, 15) is 5.11 Å². The molecule has 0 radical (unpaired) electrons. The smallest absolute Gasteiger partial charge is 0.119 e. The van der Waals surface area contributed by atoms with E-state index in [4.69, 9.17) is 9.47 Å². The minimum atomic E-state index is -0.421. The monoisotopic (exact) mass is 194 g/mol. The second kappa shape index (κ2) is 3.98.